The number of nitrogens with two attached hydrogens (primary N) is 1. The summed E-state index contributed by atoms with van der Waals surface area (Å²) in [5.41, 5.74) is 7.20. The van der Waals surface area contributed by atoms with Gasteiger partial charge in [-0.3, -0.25) is 14.1 Å². The normalized spacial score (nSPS) is 23.4. The van der Waals surface area contributed by atoms with Crippen LogP contribution in [0.15, 0.2) is 16.3 Å². The van der Waals surface area contributed by atoms with Crippen molar-refractivity contribution in [3.8, 4) is 0 Å². The highest BCUT2D eigenvalue weighted by atomic mass is 32.2. The first-order valence-electron chi connectivity index (χ1n) is 6.43. The van der Waals surface area contributed by atoms with Crippen molar-refractivity contribution < 1.29 is 9.53 Å². The standard InChI is InChI=1S/C13H21N3O2S/c1-9(2)15-5-10-4-13(7-18-8-13)6-16(19-3)12(17)11(10)14/h5,9H,4,6-8,14H2,1-3H3. The van der Waals surface area contributed by atoms with E-state index in [1.807, 2.05) is 20.1 Å². The highest BCUT2D eigenvalue weighted by Crippen LogP contribution is 2.39. The second kappa shape index (κ2) is 5.54. The van der Waals surface area contributed by atoms with E-state index in [0.29, 0.717) is 25.5 Å². The van der Waals surface area contributed by atoms with Crippen LogP contribution in [0, 0.1) is 5.41 Å². The average molecular weight is 283 g/mol. The van der Waals surface area contributed by atoms with E-state index in [-0.39, 0.29) is 17.4 Å². The van der Waals surface area contributed by atoms with Gasteiger partial charge in [-0.05, 0) is 25.8 Å². The third-order valence-corrected chi connectivity index (χ3v) is 4.15. The van der Waals surface area contributed by atoms with Crippen LogP contribution in [0.3, 0.4) is 0 Å². The minimum absolute atomic E-state index is 0.0120. The summed E-state index contributed by atoms with van der Waals surface area (Å²) >= 11 is 1.42. The Morgan fingerprint density at radius 3 is 2.68 bits per heavy atom. The molecule has 2 rings (SSSR count). The summed E-state index contributed by atoms with van der Waals surface area (Å²) in [6.45, 7) is 6.06. The molecule has 106 valence electrons. The molecule has 19 heavy (non-hydrogen) atoms. The Morgan fingerprint density at radius 1 is 1.53 bits per heavy atom. The number of ether oxygens (including phenoxy) is 1. The summed E-state index contributed by atoms with van der Waals surface area (Å²) in [7, 11) is 0. The summed E-state index contributed by atoms with van der Waals surface area (Å²) in [5.74, 6) is -0.110. The molecule has 0 unspecified atom stereocenters. The van der Waals surface area contributed by atoms with Crippen LogP contribution in [0.5, 0.6) is 0 Å². The van der Waals surface area contributed by atoms with E-state index in [1.165, 1.54) is 11.9 Å². The SMILES string of the molecule is CSN1CC2(COC2)CC(C=NC(C)C)=C(N)C1=O. The van der Waals surface area contributed by atoms with Gasteiger partial charge in [-0.1, -0.05) is 11.9 Å². The van der Waals surface area contributed by atoms with Gasteiger partial charge in [-0.15, -0.1) is 0 Å². The maximum Gasteiger partial charge on any atom is 0.279 e. The molecule has 2 heterocycles. The molecule has 0 radical (unpaired) electrons. The molecular weight excluding hydrogens is 262 g/mol. The summed E-state index contributed by atoms with van der Waals surface area (Å²) in [6, 6.07) is 0.198. The molecule has 0 saturated carbocycles. The Labute approximate surface area is 118 Å². The summed E-state index contributed by atoms with van der Waals surface area (Å²) in [4.78, 5) is 16.6. The topological polar surface area (TPSA) is 67.9 Å². The van der Waals surface area contributed by atoms with Crippen molar-refractivity contribution in [2.75, 3.05) is 26.0 Å². The predicted octanol–water partition coefficient (Wildman–Crippen LogP) is 1.21. The lowest BCUT2D eigenvalue weighted by molar-refractivity contribution is -0.133. The van der Waals surface area contributed by atoms with Crippen molar-refractivity contribution in [3.63, 3.8) is 0 Å². The molecule has 0 aromatic carbocycles. The second-order valence-electron chi connectivity index (χ2n) is 5.50. The fraction of sp³-hybridized carbons (Fsp3) is 0.692. The Balaban J connectivity index is 2.31. The van der Waals surface area contributed by atoms with Crippen molar-refractivity contribution >= 4 is 24.1 Å². The molecule has 2 aliphatic rings. The van der Waals surface area contributed by atoms with Gasteiger partial charge in [0.2, 0.25) is 0 Å². The number of nitrogens with zero attached hydrogens (tertiary/aromatic N) is 2. The van der Waals surface area contributed by atoms with E-state index < -0.39 is 0 Å². The van der Waals surface area contributed by atoms with Gasteiger partial charge in [0.15, 0.2) is 0 Å². The molecule has 2 N–H and O–H groups in total. The van der Waals surface area contributed by atoms with Crippen LogP contribution in [0.1, 0.15) is 20.3 Å². The smallest absolute Gasteiger partial charge is 0.279 e. The van der Waals surface area contributed by atoms with Crippen molar-refractivity contribution in [1.82, 2.24) is 4.31 Å². The zero-order chi connectivity index (χ0) is 14.0. The molecule has 1 spiro atoms. The summed E-state index contributed by atoms with van der Waals surface area (Å²) in [5, 5.41) is 0. The van der Waals surface area contributed by atoms with Gasteiger partial charge >= 0.3 is 0 Å². The number of hydrogen-bond acceptors (Lipinski definition) is 5. The van der Waals surface area contributed by atoms with Gasteiger partial charge in [0.25, 0.3) is 5.91 Å². The summed E-state index contributed by atoms with van der Waals surface area (Å²) < 4.78 is 7.08. The molecule has 6 heteroatoms. The molecule has 1 fully saturated rings. The lowest BCUT2D eigenvalue weighted by Gasteiger charge is -2.42. The van der Waals surface area contributed by atoms with Crippen LogP contribution in [-0.2, 0) is 9.53 Å². The van der Waals surface area contributed by atoms with Crippen LogP contribution in [-0.4, -0.2) is 48.5 Å². The van der Waals surface area contributed by atoms with Crippen molar-refractivity contribution in [3.05, 3.63) is 11.3 Å². The summed E-state index contributed by atoms with van der Waals surface area (Å²) in [6.07, 6.45) is 4.42. The van der Waals surface area contributed by atoms with Gasteiger partial charge < -0.3 is 10.5 Å². The van der Waals surface area contributed by atoms with E-state index >= 15 is 0 Å². The maximum atomic E-state index is 12.3. The average Bonchev–Trinajstić information content (AvgIpc) is 2.44. The minimum atomic E-state index is -0.110. The number of hydrogen-bond donors (Lipinski definition) is 1. The largest absolute Gasteiger partial charge is 0.394 e. The van der Waals surface area contributed by atoms with Crippen LogP contribution in [0.25, 0.3) is 0 Å². The first kappa shape index (κ1) is 14.4. The zero-order valence-corrected chi connectivity index (χ0v) is 12.5. The van der Waals surface area contributed by atoms with E-state index in [4.69, 9.17) is 10.5 Å². The first-order chi connectivity index (χ1) is 8.97. The molecular formula is C13H21N3O2S. The van der Waals surface area contributed by atoms with Crippen molar-refractivity contribution in [1.29, 1.82) is 0 Å². The maximum absolute atomic E-state index is 12.3. The molecule has 0 aliphatic carbocycles. The number of carbonyl (C=O) groups excluding carboxylic acids is 1. The Kier molecular flexibility index (Phi) is 4.20. The number of amides is 1. The van der Waals surface area contributed by atoms with E-state index in [1.54, 1.807) is 10.5 Å². The van der Waals surface area contributed by atoms with Crippen molar-refractivity contribution in [2.45, 2.75) is 26.3 Å². The van der Waals surface area contributed by atoms with Gasteiger partial charge in [-0.2, -0.15) is 0 Å². The molecule has 0 aromatic rings. The molecule has 1 saturated heterocycles. The monoisotopic (exact) mass is 283 g/mol. The molecule has 0 bridgehead atoms. The van der Waals surface area contributed by atoms with Gasteiger partial charge in [0.05, 0.1) is 13.2 Å². The zero-order valence-electron chi connectivity index (χ0n) is 11.7. The van der Waals surface area contributed by atoms with E-state index in [0.717, 1.165) is 12.0 Å². The second-order valence-corrected chi connectivity index (χ2v) is 6.31. The lowest BCUT2D eigenvalue weighted by Crippen LogP contribution is -2.49. The fourth-order valence-corrected chi connectivity index (χ4v) is 2.96. The number of allylic oxidation sites excluding steroid dienone is 1. The van der Waals surface area contributed by atoms with Crippen LogP contribution < -0.4 is 5.73 Å². The minimum Gasteiger partial charge on any atom is -0.394 e. The van der Waals surface area contributed by atoms with E-state index in [9.17, 15) is 4.79 Å². The first-order valence-corrected chi connectivity index (χ1v) is 7.61. The number of aliphatic imine (C=N–C) groups is 1. The van der Waals surface area contributed by atoms with Gasteiger partial charge in [0, 0.05) is 30.5 Å². The predicted molar refractivity (Wildman–Crippen MR) is 77.9 cm³/mol. The van der Waals surface area contributed by atoms with Crippen molar-refractivity contribution in [2.24, 2.45) is 16.1 Å². The third-order valence-electron chi connectivity index (χ3n) is 3.41. The molecule has 0 atom stereocenters. The van der Waals surface area contributed by atoms with Gasteiger partial charge in [0.1, 0.15) is 5.70 Å². The van der Waals surface area contributed by atoms with Crippen LogP contribution in [0.4, 0.5) is 0 Å². The van der Waals surface area contributed by atoms with Gasteiger partial charge in [-0.25, -0.2) is 0 Å². The quantitative estimate of drug-likeness (QED) is 0.624. The molecule has 5 nitrogen and oxygen atoms in total. The molecule has 1 amide bonds. The lowest BCUT2D eigenvalue weighted by atomic mass is 9.80. The Morgan fingerprint density at radius 2 is 2.21 bits per heavy atom. The Hall–Kier alpha value is -1.01. The Bertz CT molecular complexity index is 428. The van der Waals surface area contributed by atoms with E-state index in [2.05, 4.69) is 4.99 Å². The number of carbonyl (C=O) groups is 1. The molecule has 0 aromatic heterocycles. The molecule has 2 aliphatic heterocycles. The number of rotatable bonds is 3. The fourth-order valence-electron chi connectivity index (χ4n) is 2.29. The van der Waals surface area contributed by atoms with Crippen LogP contribution in [0.2, 0.25) is 0 Å². The highest BCUT2D eigenvalue weighted by molar-refractivity contribution is 7.96. The third kappa shape index (κ3) is 2.95. The van der Waals surface area contributed by atoms with Crippen LogP contribution >= 0.6 is 11.9 Å². The highest BCUT2D eigenvalue weighted by Gasteiger charge is 2.44.